The number of nitrogens with one attached hydrogen (secondary N) is 1. The fourth-order valence-electron chi connectivity index (χ4n) is 2.77. The lowest BCUT2D eigenvalue weighted by atomic mass is 10.2. The normalized spacial score (nSPS) is 11.2. The molecule has 33 heavy (non-hydrogen) atoms. The van der Waals surface area contributed by atoms with Gasteiger partial charge in [-0.1, -0.05) is 30.3 Å². The molecule has 0 aliphatic rings. The zero-order chi connectivity index (χ0) is 23.8. The maximum absolute atomic E-state index is 12.3. The van der Waals surface area contributed by atoms with E-state index in [-0.39, 0.29) is 11.4 Å². The molecule has 0 aromatic heterocycles. The predicted octanol–water partition coefficient (Wildman–Crippen LogP) is 3.30. The molecule has 170 valence electrons. The van der Waals surface area contributed by atoms with Crippen molar-refractivity contribution < 1.29 is 22.9 Å². The molecule has 0 fully saturated rings. The first-order valence-electron chi connectivity index (χ1n) is 9.59. The second-order valence-corrected chi connectivity index (χ2v) is 8.73. The molecule has 0 aliphatic carbocycles. The minimum atomic E-state index is -3.77. The molecule has 0 bridgehead atoms. The van der Waals surface area contributed by atoms with Gasteiger partial charge in [-0.2, -0.15) is 5.10 Å². The van der Waals surface area contributed by atoms with Crippen molar-refractivity contribution in [2.75, 3.05) is 17.1 Å². The first-order chi connectivity index (χ1) is 15.7. The maximum atomic E-state index is 12.3. The Morgan fingerprint density at radius 2 is 1.73 bits per heavy atom. The van der Waals surface area contributed by atoms with E-state index in [1.165, 1.54) is 36.5 Å². The summed E-state index contributed by atoms with van der Waals surface area (Å²) in [4.78, 5) is 22.6. The SMILES string of the molecule is CS(=O)(=O)N(CC(=O)NN=Cc1cccc([N+](=O)[O-])c1)c1ccc(Oc2ccccc2)cc1. The minimum Gasteiger partial charge on any atom is -0.457 e. The molecule has 0 aliphatic heterocycles. The van der Waals surface area contributed by atoms with Gasteiger partial charge in [-0.15, -0.1) is 0 Å². The molecule has 1 amide bonds. The van der Waals surface area contributed by atoms with Crippen LogP contribution in [0.5, 0.6) is 11.5 Å². The number of anilines is 1. The fraction of sp³-hybridized carbons (Fsp3) is 0.0909. The smallest absolute Gasteiger partial charge is 0.270 e. The summed E-state index contributed by atoms with van der Waals surface area (Å²) in [5.41, 5.74) is 2.78. The van der Waals surface area contributed by atoms with E-state index in [1.54, 1.807) is 30.3 Å². The quantitative estimate of drug-likeness (QED) is 0.291. The van der Waals surface area contributed by atoms with Gasteiger partial charge in [-0.3, -0.25) is 19.2 Å². The Labute approximate surface area is 190 Å². The largest absolute Gasteiger partial charge is 0.457 e. The lowest BCUT2D eigenvalue weighted by Crippen LogP contribution is -2.39. The lowest BCUT2D eigenvalue weighted by Gasteiger charge is -2.21. The Kier molecular flexibility index (Phi) is 7.36. The summed E-state index contributed by atoms with van der Waals surface area (Å²) >= 11 is 0. The Bertz CT molecular complexity index is 1260. The molecule has 0 heterocycles. The lowest BCUT2D eigenvalue weighted by molar-refractivity contribution is -0.384. The van der Waals surface area contributed by atoms with Crippen LogP contribution < -0.4 is 14.5 Å². The highest BCUT2D eigenvalue weighted by Gasteiger charge is 2.20. The van der Waals surface area contributed by atoms with Gasteiger partial charge in [0, 0.05) is 17.7 Å². The third-order valence-electron chi connectivity index (χ3n) is 4.28. The van der Waals surface area contributed by atoms with E-state index in [0.717, 1.165) is 10.6 Å². The van der Waals surface area contributed by atoms with Crippen molar-refractivity contribution in [1.29, 1.82) is 0 Å². The van der Waals surface area contributed by atoms with Gasteiger partial charge in [-0.25, -0.2) is 13.8 Å². The molecule has 1 N–H and O–H groups in total. The second kappa shape index (κ2) is 10.4. The molecule has 0 radical (unpaired) electrons. The van der Waals surface area contributed by atoms with Crippen LogP contribution in [0.25, 0.3) is 0 Å². The molecular formula is C22H20N4O6S. The van der Waals surface area contributed by atoms with Crippen LogP contribution in [0, 0.1) is 10.1 Å². The summed E-state index contributed by atoms with van der Waals surface area (Å²) in [6.45, 7) is -0.510. The second-order valence-electron chi connectivity index (χ2n) is 6.82. The number of sulfonamides is 1. The van der Waals surface area contributed by atoms with Gasteiger partial charge in [0.1, 0.15) is 18.0 Å². The topological polar surface area (TPSA) is 131 Å². The third kappa shape index (κ3) is 6.87. The highest BCUT2D eigenvalue weighted by atomic mass is 32.2. The molecule has 0 saturated heterocycles. The minimum absolute atomic E-state index is 0.117. The molecule has 0 atom stereocenters. The van der Waals surface area contributed by atoms with Gasteiger partial charge in [0.05, 0.1) is 23.1 Å². The predicted molar refractivity (Wildman–Crippen MR) is 124 cm³/mol. The van der Waals surface area contributed by atoms with Crippen molar-refractivity contribution >= 4 is 33.5 Å². The number of nitro benzene ring substituents is 1. The Balaban J connectivity index is 1.66. The summed E-state index contributed by atoms with van der Waals surface area (Å²) < 4.78 is 31.1. The van der Waals surface area contributed by atoms with Crippen molar-refractivity contribution in [2.45, 2.75) is 0 Å². The van der Waals surface area contributed by atoms with E-state index < -0.39 is 27.4 Å². The molecule has 3 rings (SSSR count). The molecule has 0 saturated carbocycles. The number of para-hydroxylation sites is 1. The van der Waals surface area contributed by atoms with E-state index in [9.17, 15) is 23.3 Å². The average molecular weight is 468 g/mol. The van der Waals surface area contributed by atoms with E-state index in [2.05, 4.69) is 10.5 Å². The van der Waals surface area contributed by atoms with Crippen LogP contribution in [-0.2, 0) is 14.8 Å². The Morgan fingerprint density at radius 1 is 1.06 bits per heavy atom. The number of non-ortho nitro benzene ring substituents is 1. The zero-order valence-corrected chi connectivity index (χ0v) is 18.3. The van der Waals surface area contributed by atoms with Gasteiger partial charge in [0.15, 0.2) is 0 Å². The molecule has 10 nitrogen and oxygen atoms in total. The van der Waals surface area contributed by atoms with E-state index in [0.29, 0.717) is 17.1 Å². The molecule has 3 aromatic rings. The first-order valence-corrected chi connectivity index (χ1v) is 11.4. The highest BCUT2D eigenvalue weighted by molar-refractivity contribution is 7.92. The van der Waals surface area contributed by atoms with Crippen molar-refractivity contribution in [2.24, 2.45) is 5.10 Å². The molecule has 11 heteroatoms. The van der Waals surface area contributed by atoms with Crippen LogP contribution in [0.1, 0.15) is 5.56 Å². The van der Waals surface area contributed by atoms with Gasteiger partial charge in [0.2, 0.25) is 10.0 Å². The third-order valence-corrected chi connectivity index (χ3v) is 5.42. The summed E-state index contributed by atoms with van der Waals surface area (Å²) in [7, 11) is -3.77. The van der Waals surface area contributed by atoms with E-state index in [4.69, 9.17) is 4.74 Å². The maximum Gasteiger partial charge on any atom is 0.270 e. The van der Waals surface area contributed by atoms with E-state index in [1.807, 2.05) is 18.2 Å². The number of hydrogen-bond donors (Lipinski definition) is 1. The van der Waals surface area contributed by atoms with Crippen LogP contribution in [0.4, 0.5) is 11.4 Å². The number of carbonyl (C=O) groups excluding carboxylic acids is 1. The number of rotatable bonds is 9. The standard InChI is InChI=1S/C22H20N4O6S/c1-33(30,31)25(18-10-12-21(13-11-18)32-20-8-3-2-4-9-20)16-22(27)24-23-15-17-6-5-7-19(14-17)26(28)29/h2-15H,16H2,1H3,(H,24,27). The van der Waals surface area contributed by atoms with Crippen LogP contribution in [0.3, 0.4) is 0 Å². The van der Waals surface area contributed by atoms with Gasteiger partial charge in [0.25, 0.3) is 11.6 Å². The number of hydrazone groups is 1. The first kappa shape index (κ1) is 23.4. The monoisotopic (exact) mass is 468 g/mol. The number of benzene rings is 3. The van der Waals surface area contributed by atoms with Crippen LogP contribution in [0.15, 0.2) is 84.0 Å². The summed E-state index contributed by atoms with van der Waals surface area (Å²) in [5, 5.41) is 14.6. The van der Waals surface area contributed by atoms with Crippen molar-refractivity contribution in [1.82, 2.24) is 5.43 Å². The summed E-state index contributed by atoms with van der Waals surface area (Å²) in [6.07, 6.45) is 2.21. The van der Waals surface area contributed by atoms with E-state index >= 15 is 0 Å². The van der Waals surface area contributed by atoms with Crippen molar-refractivity contribution in [3.63, 3.8) is 0 Å². The molecule has 3 aromatic carbocycles. The number of carbonyl (C=O) groups is 1. The molecule has 0 spiro atoms. The van der Waals surface area contributed by atoms with Crippen molar-refractivity contribution in [3.8, 4) is 11.5 Å². The zero-order valence-electron chi connectivity index (χ0n) is 17.5. The Morgan fingerprint density at radius 3 is 2.36 bits per heavy atom. The highest BCUT2D eigenvalue weighted by Crippen LogP contribution is 2.25. The number of nitro groups is 1. The van der Waals surface area contributed by atoms with Gasteiger partial charge < -0.3 is 4.74 Å². The molecule has 0 unspecified atom stereocenters. The number of hydrogen-bond acceptors (Lipinski definition) is 7. The van der Waals surface area contributed by atoms with Gasteiger partial charge in [-0.05, 0) is 36.4 Å². The van der Waals surface area contributed by atoms with Gasteiger partial charge >= 0.3 is 0 Å². The Hall–Kier alpha value is -4.25. The number of ether oxygens (including phenoxy) is 1. The van der Waals surface area contributed by atoms with Crippen molar-refractivity contribution in [3.05, 3.63) is 94.5 Å². The van der Waals surface area contributed by atoms with Crippen LogP contribution in [0.2, 0.25) is 0 Å². The van der Waals surface area contributed by atoms with Crippen LogP contribution >= 0.6 is 0 Å². The number of amides is 1. The fourth-order valence-corrected chi connectivity index (χ4v) is 3.62. The van der Waals surface area contributed by atoms with Crippen LogP contribution in [-0.4, -0.2) is 38.3 Å². The molecular weight excluding hydrogens is 448 g/mol. The summed E-state index contributed by atoms with van der Waals surface area (Å²) in [5.74, 6) is 0.447. The summed E-state index contributed by atoms with van der Waals surface area (Å²) in [6, 6.07) is 21.0. The average Bonchev–Trinajstić information content (AvgIpc) is 2.78. The number of nitrogens with zero attached hydrogens (tertiary/aromatic N) is 3.